The fourth-order valence-electron chi connectivity index (χ4n) is 7.26. The van der Waals surface area contributed by atoms with Crippen LogP contribution in [0.2, 0.25) is 0 Å². The minimum absolute atomic E-state index is 0.915. The average Bonchev–Trinajstić information content (AvgIpc) is 3.66. The molecule has 0 amide bonds. The molecule has 0 bridgehead atoms. The van der Waals surface area contributed by atoms with E-state index in [-0.39, 0.29) is 0 Å². The Labute approximate surface area is 229 Å². The van der Waals surface area contributed by atoms with Gasteiger partial charge in [-0.15, -0.1) is 0 Å². The molecular weight excluding hydrogens is 486 g/mol. The van der Waals surface area contributed by atoms with Crippen molar-refractivity contribution in [1.82, 2.24) is 4.57 Å². The third-order valence-electron chi connectivity index (χ3n) is 8.90. The molecule has 10 rings (SSSR count). The van der Waals surface area contributed by atoms with E-state index in [0.29, 0.717) is 0 Å². The van der Waals surface area contributed by atoms with Crippen molar-refractivity contribution in [2.24, 2.45) is 0 Å². The van der Waals surface area contributed by atoms with Crippen LogP contribution in [0.1, 0.15) is 0 Å². The predicted octanol–water partition coefficient (Wildman–Crippen LogP) is 10.6. The molecule has 2 nitrogen and oxygen atoms in total. The van der Waals surface area contributed by atoms with Crippen LogP contribution < -0.4 is 0 Å². The highest BCUT2D eigenvalue weighted by Gasteiger charge is 2.26. The molecule has 0 N–H and O–H groups in total. The van der Waals surface area contributed by atoms with Crippen molar-refractivity contribution in [2.45, 2.75) is 0 Å². The molecule has 0 radical (unpaired) electrons. The van der Waals surface area contributed by atoms with E-state index in [4.69, 9.17) is 4.42 Å². The van der Waals surface area contributed by atoms with Crippen LogP contribution in [0.4, 0.5) is 0 Å². The van der Waals surface area contributed by atoms with Gasteiger partial charge in [0.2, 0.25) is 0 Å². The molecular formula is C38H21NO. The Morgan fingerprint density at radius 3 is 2.08 bits per heavy atom. The number of hydrogen-bond acceptors (Lipinski definition) is 1. The van der Waals surface area contributed by atoms with Crippen molar-refractivity contribution in [3.63, 3.8) is 0 Å². The molecule has 0 fully saturated rings. The average molecular weight is 508 g/mol. The fraction of sp³-hybridized carbons (Fsp3) is 0. The maximum Gasteiger partial charge on any atom is 0.135 e. The smallest absolute Gasteiger partial charge is 0.135 e. The zero-order chi connectivity index (χ0) is 25.9. The lowest BCUT2D eigenvalue weighted by atomic mass is 9.97. The summed E-state index contributed by atoms with van der Waals surface area (Å²) in [4.78, 5) is 0. The molecule has 7 aromatic carbocycles. The van der Waals surface area contributed by atoms with Crippen LogP contribution in [0.3, 0.4) is 0 Å². The lowest BCUT2D eigenvalue weighted by Crippen LogP contribution is -1.94. The van der Waals surface area contributed by atoms with Crippen LogP contribution in [-0.2, 0) is 0 Å². The minimum Gasteiger partial charge on any atom is -0.456 e. The number of rotatable bonds is 1. The topological polar surface area (TPSA) is 18.1 Å². The van der Waals surface area contributed by atoms with Gasteiger partial charge in [-0.2, -0.15) is 0 Å². The summed E-state index contributed by atoms with van der Waals surface area (Å²) in [7, 11) is 0. The molecule has 0 aliphatic heterocycles. The molecule has 40 heavy (non-hydrogen) atoms. The van der Waals surface area contributed by atoms with E-state index < -0.39 is 0 Å². The molecule has 1 aliphatic rings. The molecule has 1 aliphatic carbocycles. The van der Waals surface area contributed by atoms with Crippen LogP contribution in [0.15, 0.2) is 132 Å². The number of fused-ring (bicyclic) bond motifs is 12. The Bertz CT molecular complexity index is 2540. The second-order valence-electron chi connectivity index (χ2n) is 10.9. The van der Waals surface area contributed by atoms with E-state index in [2.05, 4.69) is 120 Å². The van der Waals surface area contributed by atoms with Gasteiger partial charge in [-0.1, -0.05) is 97.1 Å². The van der Waals surface area contributed by atoms with Crippen molar-refractivity contribution in [3.8, 4) is 27.9 Å². The summed E-state index contributed by atoms with van der Waals surface area (Å²) in [6.07, 6.45) is 0. The van der Waals surface area contributed by atoms with E-state index >= 15 is 0 Å². The highest BCUT2D eigenvalue weighted by molar-refractivity contribution is 6.31. The first-order valence-corrected chi connectivity index (χ1v) is 13.8. The molecule has 2 aromatic heterocycles. The zero-order valence-corrected chi connectivity index (χ0v) is 21.5. The molecule has 2 heterocycles. The molecule has 184 valence electrons. The maximum atomic E-state index is 6.20. The Hall–Kier alpha value is -5.34. The van der Waals surface area contributed by atoms with Gasteiger partial charge in [0.25, 0.3) is 0 Å². The Kier molecular flexibility index (Phi) is 3.70. The largest absolute Gasteiger partial charge is 0.456 e. The summed E-state index contributed by atoms with van der Waals surface area (Å²) in [5.74, 6) is 0. The second-order valence-corrected chi connectivity index (χ2v) is 10.9. The highest BCUT2D eigenvalue weighted by Crippen LogP contribution is 2.51. The molecule has 0 atom stereocenters. The number of nitrogens with zero attached hydrogens (tertiary/aromatic N) is 1. The van der Waals surface area contributed by atoms with E-state index in [0.717, 1.165) is 27.6 Å². The predicted molar refractivity (Wildman–Crippen MR) is 168 cm³/mol. The van der Waals surface area contributed by atoms with Crippen LogP contribution in [0.25, 0.3) is 93.2 Å². The van der Waals surface area contributed by atoms with E-state index in [1.54, 1.807) is 0 Å². The van der Waals surface area contributed by atoms with Gasteiger partial charge in [0.05, 0.1) is 11.0 Å². The quantitative estimate of drug-likeness (QED) is 0.216. The van der Waals surface area contributed by atoms with E-state index in [1.807, 2.05) is 12.1 Å². The van der Waals surface area contributed by atoms with Gasteiger partial charge < -0.3 is 8.98 Å². The first-order valence-electron chi connectivity index (χ1n) is 13.8. The van der Waals surface area contributed by atoms with Crippen LogP contribution >= 0.6 is 0 Å². The minimum atomic E-state index is 0.915. The molecule has 0 unspecified atom stereocenters. The van der Waals surface area contributed by atoms with Crippen LogP contribution in [0, 0.1) is 0 Å². The van der Waals surface area contributed by atoms with Gasteiger partial charge in [-0.25, -0.2) is 0 Å². The third-order valence-corrected chi connectivity index (χ3v) is 8.90. The molecule has 0 saturated heterocycles. The van der Waals surface area contributed by atoms with Crippen molar-refractivity contribution >= 4 is 65.3 Å². The first-order chi connectivity index (χ1) is 19.8. The van der Waals surface area contributed by atoms with Crippen molar-refractivity contribution in [3.05, 3.63) is 127 Å². The Morgan fingerprint density at radius 1 is 0.425 bits per heavy atom. The molecule has 2 heteroatoms. The Morgan fingerprint density at radius 2 is 1.15 bits per heavy atom. The molecule has 9 aromatic rings. The summed E-state index contributed by atoms with van der Waals surface area (Å²) in [6, 6.07) is 46.3. The number of furan rings is 1. The molecule has 0 spiro atoms. The normalized spacial score (nSPS) is 12.5. The van der Waals surface area contributed by atoms with Gasteiger partial charge in [0, 0.05) is 32.6 Å². The van der Waals surface area contributed by atoms with Crippen molar-refractivity contribution < 1.29 is 4.42 Å². The van der Waals surface area contributed by atoms with Crippen molar-refractivity contribution in [1.29, 1.82) is 0 Å². The summed E-state index contributed by atoms with van der Waals surface area (Å²) in [5, 5.41) is 10.1. The third kappa shape index (κ3) is 2.45. The maximum absolute atomic E-state index is 6.20. The van der Waals surface area contributed by atoms with Gasteiger partial charge in [0.1, 0.15) is 11.2 Å². The van der Waals surface area contributed by atoms with E-state index in [1.165, 1.54) is 65.6 Å². The number of aromatic nitrogens is 1. The van der Waals surface area contributed by atoms with Gasteiger partial charge >= 0.3 is 0 Å². The fourth-order valence-corrected chi connectivity index (χ4v) is 7.26. The monoisotopic (exact) mass is 507 g/mol. The van der Waals surface area contributed by atoms with Gasteiger partial charge in [-0.3, -0.25) is 0 Å². The Balaban J connectivity index is 1.44. The number of para-hydroxylation sites is 1. The zero-order valence-electron chi connectivity index (χ0n) is 21.5. The number of benzene rings is 7. The standard InChI is InChI=1S/C38H21NO/c1-2-9-24-22(8-1)16-18-30-37-29-14-7-13-28-25-10-3-4-11-26(25)32(36(28)29)21-33(37)39(38(24)30)23-17-19-35-31(20-23)27-12-5-6-15-34(27)40-35/h1-21H. The SMILES string of the molecule is c1ccc2c(c1)-c1cccc3c1c-2cc1c3c2ccc3ccccc3c2n1-c1ccc2oc3ccccc3c2c1. The van der Waals surface area contributed by atoms with Crippen LogP contribution in [0.5, 0.6) is 0 Å². The van der Waals surface area contributed by atoms with Gasteiger partial charge in [-0.05, 0) is 68.7 Å². The lowest BCUT2D eigenvalue weighted by Gasteiger charge is -2.11. The summed E-state index contributed by atoms with van der Waals surface area (Å²) < 4.78 is 8.68. The van der Waals surface area contributed by atoms with Crippen molar-refractivity contribution in [2.75, 3.05) is 0 Å². The van der Waals surface area contributed by atoms with Crippen LogP contribution in [-0.4, -0.2) is 4.57 Å². The lowest BCUT2D eigenvalue weighted by molar-refractivity contribution is 0.669. The first kappa shape index (κ1) is 20.6. The second kappa shape index (κ2) is 7.19. The van der Waals surface area contributed by atoms with Gasteiger partial charge in [0.15, 0.2) is 0 Å². The number of hydrogen-bond donors (Lipinski definition) is 0. The summed E-state index contributed by atoms with van der Waals surface area (Å²) >= 11 is 0. The highest BCUT2D eigenvalue weighted by atomic mass is 16.3. The summed E-state index contributed by atoms with van der Waals surface area (Å²) in [6.45, 7) is 0. The van der Waals surface area contributed by atoms with E-state index in [9.17, 15) is 0 Å². The molecule has 0 saturated carbocycles. The summed E-state index contributed by atoms with van der Waals surface area (Å²) in [5.41, 5.74) is 10.7.